The molecule has 0 saturated carbocycles. The van der Waals surface area contributed by atoms with Crippen LogP contribution in [0.5, 0.6) is 0 Å². The number of nitrogens with one attached hydrogen (secondary N) is 1. The summed E-state index contributed by atoms with van der Waals surface area (Å²) in [5, 5.41) is 22.3. The molecule has 2 atom stereocenters. The van der Waals surface area contributed by atoms with Crippen LogP contribution in [0.25, 0.3) is 0 Å². The first-order valence-corrected chi connectivity index (χ1v) is 8.11. The number of halogens is 2. The molecule has 0 aliphatic heterocycles. The molecular formula is C18H19ClFNO4. The van der Waals surface area contributed by atoms with E-state index in [2.05, 4.69) is 5.32 Å². The van der Waals surface area contributed by atoms with Gasteiger partial charge in [0.1, 0.15) is 18.5 Å². The molecule has 1 amide bonds. The third kappa shape index (κ3) is 5.70. The van der Waals surface area contributed by atoms with Crippen LogP contribution in [0.3, 0.4) is 0 Å². The first kappa shape index (κ1) is 19.2. The van der Waals surface area contributed by atoms with Crippen molar-refractivity contribution >= 4 is 17.7 Å². The van der Waals surface area contributed by atoms with Crippen molar-refractivity contribution in [3.8, 4) is 0 Å². The second kappa shape index (κ2) is 9.36. The topological polar surface area (TPSA) is 78.8 Å². The van der Waals surface area contributed by atoms with E-state index in [-0.39, 0.29) is 30.2 Å². The summed E-state index contributed by atoms with van der Waals surface area (Å²) in [6.07, 6.45) is -3.15. The Balaban J connectivity index is 1.75. The lowest BCUT2D eigenvalue weighted by atomic mass is 10.0. The number of rotatable bonds is 7. The first-order valence-electron chi connectivity index (χ1n) is 7.73. The van der Waals surface area contributed by atoms with Gasteiger partial charge in [-0.1, -0.05) is 54.1 Å². The van der Waals surface area contributed by atoms with E-state index in [0.29, 0.717) is 0 Å². The van der Waals surface area contributed by atoms with Gasteiger partial charge in [-0.3, -0.25) is 0 Å². The van der Waals surface area contributed by atoms with Crippen LogP contribution in [-0.2, 0) is 11.3 Å². The van der Waals surface area contributed by atoms with Crippen molar-refractivity contribution in [1.82, 2.24) is 5.32 Å². The highest BCUT2D eigenvalue weighted by molar-refractivity contribution is 6.31. The van der Waals surface area contributed by atoms with Crippen LogP contribution in [0.1, 0.15) is 23.7 Å². The Bertz CT molecular complexity index is 699. The minimum atomic E-state index is -1.36. The van der Waals surface area contributed by atoms with Crippen LogP contribution >= 0.6 is 11.6 Å². The van der Waals surface area contributed by atoms with Gasteiger partial charge in [-0.25, -0.2) is 9.18 Å². The molecule has 3 N–H and O–H groups in total. The lowest BCUT2D eigenvalue weighted by molar-refractivity contribution is 0.0135. The number of aliphatic hydroxyl groups excluding tert-OH is 2. The van der Waals surface area contributed by atoms with E-state index >= 15 is 0 Å². The maximum atomic E-state index is 13.4. The van der Waals surface area contributed by atoms with E-state index < -0.39 is 24.1 Å². The number of benzene rings is 2. The maximum absolute atomic E-state index is 13.4. The minimum absolute atomic E-state index is 0.0500. The zero-order chi connectivity index (χ0) is 18.2. The molecule has 0 aliphatic carbocycles. The molecule has 134 valence electrons. The molecule has 0 bridgehead atoms. The molecule has 2 rings (SSSR count). The van der Waals surface area contributed by atoms with Crippen molar-refractivity contribution in [2.75, 3.05) is 6.54 Å². The quantitative estimate of drug-likeness (QED) is 0.702. The third-order valence-corrected chi connectivity index (χ3v) is 3.99. The predicted molar refractivity (Wildman–Crippen MR) is 91.6 cm³/mol. The SMILES string of the molecule is O=C(NCCC(O)C(O)c1cccc(F)c1Cl)OCc1ccccc1. The number of amides is 1. The summed E-state index contributed by atoms with van der Waals surface area (Å²) in [7, 11) is 0. The molecule has 0 radical (unpaired) electrons. The van der Waals surface area contributed by atoms with Gasteiger partial charge in [-0.15, -0.1) is 0 Å². The maximum Gasteiger partial charge on any atom is 0.407 e. The van der Waals surface area contributed by atoms with Gasteiger partial charge in [0.2, 0.25) is 0 Å². The average molecular weight is 368 g/mol. The number of carbonyl (C=O) groups excluding carboxylic acids is 1. The van der Waals surface area contributed by atoms with E-state index in [0.717, 1.165) is 11.6 Å². The highest BCUT2D eigenvalue weighted by atomic mass is 35.5. The summed E-state index contributed by atoms with van der Waals surface area (Å²) < 4.78 is 18.4. The van der Waals surface area contributed by atoms with Crippen LogP contribution in [0.4, 0.5) is 9.18 Å². The van der Waals surface area contributed by atoms with E-state index in [4.69, 9.17) is 16.3 Å². The Kier molecular flexibility index (Phi) is 7.18. The highest BCUT2D eigenvalue weighted by Gasteiger charge is 2.22. The fourth-order valence-electron chi connectivity index (χ4n) is 2.21. The van der Waals surface area contributed by atoms with Gasteiger partial charge in [0.15, 0.2) is 0 Å². The largest absolute Gasteiger partial charge is 0.445 e. The Morgan fingerprint density at radius 3 is 2.60 bits per heavy atom. The number of ether oxygens (including phenoxy) is 1. The molecule has 2 aromatic rings. The van der Waals surface area contributed by atoms with Crippen LogP contribution in [0, 0.1) is 5.82 Å². The van der Waals surface area contributed by atoms with Gasteiger partial charge in [0.25, 0.3) is 0 Å². The molecular weight excluding hydrogens is 349 g/mol. The summed E-state index contributed by atoms with van der Waals surface area (Å²) in [5.74, 6) is -0.673. The molecule has 0 heterocycles. The normalized spacial score (nSPS) is 13.1. The molecule has 0 saturated heterocycles. The van der Waals surface area contributed by atoms with Gasteiger partial charge in [-0.05, 0) is 18.1 Å². The van der Waals surface area contributed by atoms with Crippen LogP contribution in [-0.4, -0.2) is 29.0 Å². The summed E-state index contributed by atoms with van der Waals surface area (Å²) in [4.78, 5) is 11.6. The molecule has 0 spiro atoms. The lowest BCUT2D eigenvalue weighted by Crippen LogP contribution is -2.29. The third-order valence-electron chi connectivity index (χ3n) is 3.59. The summed E-state index contributed by atoms with van der Waals surface area (Å²) in [5.41, 5.74) is 0.953. The highest BCUT2D eigenvalue weighted by Crippen LogP contribution is 2.28. The van der Waals surface area contributed by atoms with Gasteiger partial charge >= 0.3 is 6.09 Å². The van der Waals surface area contributed by atoms with Gasteiger partial charge in [0.05, 0.1) is 11.1 Å². The molecule has 2 unspecified atom stereocenters. The van der Waals surface area contributed by atoms with Crippen LogP contribution < -0.4 is 5.32 Å². The Hall–Kier alpha value is -2.15. The fraction of sp³-hybridized carbons (Fsp3) is 0.278. The zero-order valence-electron chi connectivity index (χ0n) is 13.4. The Morgan fingerprint density at radius 2 is 1.88 bits per heavy atom. The molecule has 5 nitrogen and oxygen atoms in total. The van der Waals surface area contributed by atoms with Crippen molar-refractivity contribution in [1.29, 1.82) is 0 Å². The van der Waals surface area contributed by atoms with E-state index in [9.17, 15) is 19.4 Å². The van der Waals surface area contributed by atoms with Crippen molar-refractivity contribution in [3.05, 3.63) is 70.5 Å². The Labute approximate surface area is 150 Å². The summed E-state index contributed by atoms with van der Waals surface area (Å²) >= 11 is 5.78. The first-order chi connectivity index (χ1) is 12.0. The number of alkyl carbamates (subject to hydrolysis) is 1. The standard InChI is InChI=1S/C18H19ClFNO4/c19-16-13(7-4-8-14(16)20)17(23)15(22)9-10-21-18(24)25-11-12-5-2-1-3-6-12/h1-8,15,17,22-23H,9-11H2,(H,21,24). The van der Waals surface area contributed by atoms with E-state index in [1.54, 1.807) is 0 Å². The van der Waals surface area contributed by atoms with E-state index in [1.807, 2.05) is 30.3 Å². The molecule has 25 heavy (non-hydrogen) atoms. The van der Waals surface area contributed by atoms with Crippen molar-refractivity contribution in [2.45, 2.75) is 25.2 Å². The summed E-state index contributed by atoms with van der Waals surface area (Å²) in [6.45, 7) is 0.218. The second-order valence-corrected chi connectivity index (χ2v) is 5.81. The van der Waals surface area contributed by atoms with E-state index in [1.165, 1.54) is 12.1 Å². The number of carbonyl (C=O) groups is 1. The van der Waals surface area contributed by atoms with Gasteiger partial charge in [-0.2, -0.15) is 0 Å². The second-order valence-electron chi connectivity index (χ2n) is 5.43. The zero-order valence-corrected chi connectivity index (χ0v) is 14.1. The molecule has 0 fully saturated rings. The van der Waals surface area contributed by atoms with Gasteiger partial charge in [0, 0.05) is 12.1 Å². The molecule has 0 aliphatic rings. The minimum Gasteiger partial charge on any atom is -0.445 e. The summed E-state index contributed by atoms with van der Waals surface area (Å²) in [6, 6.07) is 13.2. The predicted octanol–water partition coefficient (Wildman–Crippen LogP) is 3.19. The number of hydrogen-bond acceptors (Lipinski definition) is 4. The lowest BCUT2D eigenvalue weighted by Gasteiger charge is -2.19. The van der Waals surface area contributed by atoms with Crippen molar-refractivity contribution < 1.29 is 24.1 Å². The van der Waals surface area contributed by atoms with Crippen molar-refractivity contribution in [3.63, 3.8) is 0 Å². The van der Waals surface area contributed by atoms with Crippen LogP contribution in [0.15, 0.2) is 48.5 Å². The molecule has 2 aromatic carbocycles. The molecule has 0 aromatic heterocycles. The molecule has 7 heteroatoms. The number of hydrogen-bond donors (Lipinski definition) is 3. The smallest absolute Gasteiger partial charge is 0.407 e. The average Bonchev–Trinajstić information content (AvgIpc) is 2.62. The Morgan fingerprint density at radius 1 is 1.16 bits per heavy atom. The monoisotopic (exact) mass is 367 g/mol. The fourth-order valence-corrected chi connectivity index (χ4v) is 2.45. The number of aliphatic hydroxyl groups is 2. The van der Waals surface area contributed by atoms with Crippen LogP contribution in [0.2, 0.25) is 5.02 Å². The van der Waals surface area contributed by atoms with Gasteiger partial charge < -0.3 is 20.3 Å². The van der Waals surface area contributed by atoms with Crippen molar-refractivity contribution in [2.24, 2.45) is 0 Å².